The minimum absolute atomic E-state index is 0.674. The molecule has 1 aromatic rings. The summed E-state index contributed by atoms with van der Waals surface area (Å²) in [4.78, 5) is 5.93. The Morgan fingerprint density at radius 3 is 3.18 bits per heavy atom. The van der Waals surface area contributed by atoms with Gasteiger partial charge in [0.15, 0.2) is 5.13 Å². The first-order valence-electron chi connectivity index (χ1n) is 6.75. The fraction of sp³-hybridized carbons (Fsp3) is 0.769. The maximum atomic E-state index is 5.83. The minimum Gasteiger partial charge on any atom is -0.375 e. The van der Waals surface area contributed by atoms with Crippen molar-refractivity contribution in [3.8, 4) is 0 Å². The lowest BCUT2D eigenvalue weighted by atomic mass is 9.72. The molecule has 0 spiro atoms. The maximum Gasteiger partial charge on any atom is 0.180 e. The molecule has 3 rings (SSSR count). The predicted octanol–water partition coefficient (Wildman–Crippen LogP) is 2.22. The first-order chi connectivity index (χ1) is 8.28. The zero-order chi connectivity index (χ0) is 11.8. The average molecular weight is 251 g/mol. The number of hydrogen-bond donors (Lipinski definition) is 2. The van der Waals surface area contributed by atoms with Gasteiger partial charge in [0.05, 0.1) is 5.69 Å². The van der Waals surface area contributed by atoms with Crippen LogP contribution in [0.2, 0.25) is 0 Å². The van der Waals surface area contributed by atoms with Crippen molar-refractivity contribution in [3.05, 3.63) is 10.6 Å². The van der Waals surface area contributed by atoms with Gasteiger partial charge >= 0.3 is 0 Å². The number of rotatable bonds is 2. The summed E-state index contributed by atoms with van der Waals surface area (Å²) in [5, 5.41) is 4.45. The van der Waals surface area contributed by atoms with E-state index in [4.69, 9.17) is 5.73 Å². The second kappa shape index (κ2) is 4.58. The molecule has 4 heteroatoms. The highest BCUT2D eigenvalue weighted by molar-refractivity contribution is 7.15. The number of nitrogens with zero attached hydrogens (tertiary/aromatic N) is 1. The van der Waals surface area contributed by atoms with Gasteiger partial charge in [-0.3, -0.25) is 0 Å². The molecule has 2 heterocycles. The SMILES string of the molecule is CCCC1CCN[C@@H]2Cc3sc(N)nc3C[C@@H]12. The summed E-state index contributed by atoms with van der Waals surface area (Å²) in [6.07, 6.45) is 6.31. The van der Waals surface area contributed by atoms with Gasteiger partial charge in [-0.15, -0.1) is 11.3 Å². The Kier molecular flexibility index (Phi) is 3.09. The Bertz CT molecular complexity index is 399. The minimum atomic E-state index is 0.674. The van der Waals surface area contributed by atoms with Crippen molar-refractivity contribution in [2.24, 2.45) is 11.8 Å². The highest BCUT2D eigenvalue weighted by Crippen LogP contribution is 2.38. The van der Waals surface area contributed by atoms with Gasteiger partial charge in [-0.2, -0.15) is 0 Å². The van der Waals surface area contributed by atoms with Crippen LogP contribution in [0.25, 0.3) is 0 Å². The first-order valence-corrected chi connectivity index (χ1v) is 7.57. The van der Waals surface area contributed by atoms with E-state index in [1.165, 1.54) is 36.4 Å². The molecule has 1 aliphatic heterocycles. The van der Waals surface area contributed by atoms with Crippen LogP contribution in [0.15, 0.2) is 0 Å². The second-order valence-electron chi connectivity index (χ2n) is 5.39. The van der Waals surface area contributed by atoms with E-state index in [0.29, 0.717) is 6.04 Å². The number of piperidine rings is 1. The second-order valence-corrected chi connectivity index (χ2v) is 6.51. The van der Waals surface area contributed by atoms with E-state index in [2.05, 4.69) is 17.2 Å². The summed E-state index contributed by atoms with van der Waals surface area (Å²) in [6.45, 7) is 3.49. The molecule has 1 fully saturated rings. The van der Waals surface area contributed by atoms with Crippen LogP contribution in [0.4, 0.5) is 5.13 Å². The van der Waals surface area contributed by atoms with Gasteiger partial charge in [0, 0.05) is 10.9 Å². The maximum absolute atomic E-state index is 5.83. The number of nitrogens with one attached hydrogen (secondary N) is 1. The van der Waals surface area contributed by atoms with Crippen LogP contribution in [0.5, 0.6) is 0 Å². The van der Waals surface area contributed by atoms with Gasteiger partial charge in [0.1, 0.15) is 0 Å². The Hall–Kier alpha value is -0.610. The quantitative estimate of drug-likeness (QED) is 0.847. The van der Waals surface area contributed by atoms with Gasteiger partial charge in [0.2, 0.25) is 0 Å². The van der Waals surface area contributed by atoms with Crippen LogP contribution in [-0.4, -0.2) is 17.6 Å². The van der Waals surface area contributed by atoms with Crippen molar-refractivity contribution in [1.82, 2.24) is 10.3 Å². The molecule has 3 atom stereocenters. The molecule has 1 aliphatic carbocycles. The lowest BCUT2D eigenvalue weighted by Gasteiger charge is -2.41. The van der Waals surface area contributed by atoms with E-state index in [1.807, 2.05) is 0 Å². The molecule has 0 radical (unpaired) electrons. The number of nitrogens with two attached hydrogens (primary N) is 1. The average Bonchev–Trinajstić information content (AvgIpc) is 2.66. The van der Waals surface area contributed by atoms with Crippen LogP contribution in [0.3, 0.4) is 0 Å². The molecular weight excluding hydrogens is 230 g/mol. The molecule has 2 aliphatic rings. The number of fused-ring (bicyclic) bond motifs is 2. The van der Waals surface area contributed by atoms with Gasteiger partial charge in [-0.05, 0) is 37.6 Å². The number of hydrogen-bond acceptors (Lipinski definition) is 4. The highest BCUT2D eigenvalue weighted by Gasteiger charge is 2.37. The number of anilines is 1. The molecule has 1 unspecified atom stereocenters. The predicted molar refractivity (Wildman–Crippen MR) is 72.2 cm³/mol. The molecule has 3 nitrogen and oxygen atoms in total. The van der Waals surface area contributed by atoms with Crippen molar-refractivity contribution in [2.45, 2.75) is 45.1 Å². The lowest BCUT2D eigenvalue weighted by Crippen LogP contribution is -2.50. The molecule has 3 N–H and O–H groups in total. The first kappa shape index (κ1) is 11.5. The molecule has 0 saturated carbocycles. The van der Waals surface area contributed by atoms with Crippen LogP contribution in [0.1, 0.15) is 36.8 Å². The summed E-state index contributed by atoms with van der Waals surface area (Å²) in [7, 11) is 0. The Morgan fingerprint density at radius 1 is 1.47 bits per heavy atom. The zero-order valence-electron chi connectivity index (χ0n) is 10.4. The normalized spacial score (nSPS) is 31.9. The molecule has 0 amide bonds. The third kappa shape index (κ3) is 2.08. The number of thiazole rings is 1. The molecule has 1 saturated heterocycles. The summed E-state index contributed by atoms with van der Waals surface area (Å²) >= 11 is 1.69. The topological polar surface area (TPSA) is 50.9 Å². The Balaban J connectivity index is 1.83. The van der Waals surface area contributed by atoms with Gasteiger partial charge in [-0.25, -0.2) is 4.98 Å². The third-order valence-electron chi connectivity index (χ3n) is 4.33. The fourth-order valence-corrected chi connectivity index (χ4v) is 4.47. The van der Waals surface area contributed by atoms with E-state index < -0.39 is 0 Å². The van der Waals surface area contributed by atoms with E-state index >= 15 is 0 Å². The van der Waals surface area contributed by atoms with Gasteiger partial charge in [-0.1, -0.05) is 19.8 Å². The molecule has 0 aromatic carbocycles. The highest BCUT2D eigenvalue weighted by atomic mass is 32.1. The van der Waals surface area contributed by atoms with Crippen LogP contribution in [0, 0.1) is 11.8 Å². The van der Waals surface area contributed by atoms with E-state index in [0.717, 1.165) is 29.8 Å². The van der Waals surface area contributed by atoms with Crippen molar-refractivity contribution in [1.29, 1.82) is 0 Å². The summed E-state index contributed by atoms with van der Waals surface area (Å²) < 4.78 is 0. The Morgan fingerprint density at radius 2 is 2.35 bits per heavy atom. The van der Waals surface area contributed by atoms with Crippen molar-refractivity contribution in [2.75, 3.05) is 12.3 Å². The fourth-order valence-electron chi connectivity index (χ4n) is 3.56. The van der Waals surface area contributed by atoms with Crippen LogP contribution < -0.4 is 11.1 Å². The molecule has 17 heavy (non-hydrogen) atoms. The Labute approximate surface area is 107 Å². The summed E-state index contributed by atoms with van der Waals surface area (Å²) in [5.41, 5.74) is 7.12. The molecule has 0 bridgehead atoms. The summed E-state index contributed by atoms with van der Waals surface area (Å²) in [6, 6.07) is 0.674. The standard InChI is InChI=1S/C13H21N3S/c1-2-3-8-4-5-15-10-7-12-11(6-9(8)10)16-13(14)17-12/h8-10,15H,2-7H2,1H3,(H2,14,16)/t8?,9-,10+/m0/s1. The third-order valence-corrected chi connectivity index (χ3v) is 5.28. The number of nitrogen functional groups attached to an aromatic ring is 1. The van der Waals surface area contributed by atoms with Crippen LogP contribution >= 0.6 is 11.3 Å². The van der Waals surface area contributed by atoms with Gasteiger partial charge in [0.25, 0.3) is 0 Å². The molecular formula is C13H21N3S. The monoisotopic (exact) mass is 251 g/mol. The van der Waals surface area contributed by atoms with E-state index in [-0.39, 0.29) is 0 Å². The van der Waals surface area contributed by atoms with E-state index in [9.17, 15) is 0 Å². The van der Waals surface area contributed by atoms with Crippen molar-refractivity contribution in [3.63, 3.8) is 0 Å². The number of aromatic nitrogens is 1. The smallest absolute Gasteiger partial charge is 0.180 e. The van der Waals surface area contributed by atoms with Gasteiger partial charge < -0.3 is 11.1 Å². The molecule has 94 valence electrons. The summed E-state index contributed by atoms with van der Waals surface area (Å²) in [5.74, 6) is 1.68. The van der Waals surface area contributed by atoms with Crippen molar-refractivity contribution >= 4 is 16.5 Å². The lowest BCUT2D eigenvalue weighted by molar-refractivity contribution is 0.165. The zero-order valence-corrected chi connectivity index (χ0v) is 11.2. The van der Waals surface area contributed by atoms with Crippen molar-refractivity contribution < 1.29 is 0 Å². The molecule has 1 aromatic heterocycles. The van der Waals surface area contributed by atoms with Crippen LogP contribution in [-0.2, 0) is 12.8 Å². The van der Waals surface area contributed by atoms with E-state index in [1.54, 1.807) is 11.3 Å². The largest absolute Gasteiger partial charge is 0.375 e.